The van der Waals surface area contributed by atoms with E-state index in [0.717, 1.165) is 36.0 Å². The number of fused-ring (bicyclic) bond motifs is 1. The van der Waals surface area contributed by atoms with E-state index in [9.17, 15) is 0 Å². The van der Waals surface area contributed by atoms with Crippen molar-refractivity contribution in [2.75, 3.05) is 18.8 Å². The molecule has 2 N–H and O–H groups in total. The lowest BCUT2D eigenvalue weighted by molar-refractivity contribution is 0.282. The van der Waals surface area contributed by atoms with E-state index < -0.39 is 0 Å². The third kappa shape index (κ3) is 2.59. The van der Waals surface area contributed by atoms with Gasteiger partial charge in [0, 0.05) is 6.54 Å². The summed E-state index contributed by atoms with van der Waals surface area (Å²) in [6.45, 7) is 5.38. The fraction of sp³-hybridized carbons (Fsp3) is 0.533. The second kappa shape index (κ2) is 5.21. The molecular weight excluding hydrogens is 238 g/mol. The minimum Gasteiger partial charge on any atom is -0.439 e. The Morgan fingerprint density at radius 2 is 2.37 bits per heavy atom. The number of anilines is 1. The molecule has 2 aromatic rings. The molecule has 1 atom stereocenters. The van der Waals surface area contributed by atoms with Crippen LogP contribution in [0.3, 0.4) is 0 Å². The molecule has 19 heavy (non-hydrogen) atoms. The highest BCUT2D eigenvalue weighted by Gasteiger charge is 2.23. The smallest absolute Gasteiger partial charge is 0.209 e. The molecule has 4 heteroatoms. The molecule has 1 aliphatic heterocycles. The predicted molar refractivity (Wildman–Crippen MR) is 76.7 cm³/mol. The molecule has 0 aliphatic carbocycles. The van der Waals surface area contributed by atoms with Gasteiger partial charge in [-0.25, -0.2) is 4.98 Å². The molecule has 0 bridgehead atoms. The average molecular weight is 259 g/mol. The summed E-state index contributed by atoms with van der Waals surface area (Å²) >= 11 is 0. The molecule has 1 saturated heterocycles. The van der Waals surface area contributed by atoms with Crippen molar-refractivity contribution in [3.63, 3.8) is 0 Å². The van der Waals surface area contributed by atoms with Crippen LogP contribution in [0.2, 0.25) is 0 Å². The molecular formula is C15H21N3O. The van der Waals surface area contributed by atoms with Crippen molar-refractivity contribution in [3.8, 4) is 0 Å². The summed E-state index contributed by atoms with van der Waals surface area (Å²) in [5.41, 5.74) is 8.18. The van der Waals surface area contributed by atoms with E-state index in [0.29, 0.717) is 5.69 Å². The number of oxazole rings is 1. The maximum atomic E-state index is 5.90. The summed E-state index contributed by atoms with van der Waals surface area (Å²) in [4.78, 5) is 6.95. The van der Waals surface area contributed by atoms with Crippen molar-refractivity contribution in [1.82, 2.24) is 9.88 Å². The number of para-hydroxylation sites is 1. The summed E-state index contributed by atoms with van der Waals surface area (Å²) in [5.74, 6) is 1.63. The van der Waals surface area contributed by atoms with Gasteiger partial charge in [0.25, 0.3) is 0 Å². The van der Waals surface area contributed by atoms with Crippen molar-refractivity contribution in [2.45, 2.75) is 32.7 Å². The second-order valence-electron chi connectivity index (χ2n) is 5.48. The Kier molecular flexibility index (Phi) is 3.42. The van der Waals surface area contributed by atoms with Crippen LogP contribution in [-0.2, 0) is 6.54 Å². The third-order valence-electron chi connectivity index (χ3n) is 3.92. The molecule has 2 heterocycles. The Morgan fingerprint density at radius 3 is 3.16 bits per heavy atom. The summed E-state index contributed by atoms with van der Waals surface area (Å²) in [7, 11) is 0. The van der Waals surface area contributed by atoms with Gasteiger partial charge in [-0.1, -0.05) is 19.4 Å². The normalized spacial score (nSPS) is 20.4. The molecule has 0 amide bonds. The van der Waals surface area contributed by atoms with Crippen LogP contribution in [0.15, 0.2) is 22.6 Å². The zero-order valence-electron chi connectivity index (χ0n) is 11.4. The Balaban J connectivity index is 1.70. The predicted octanol–water partition coefficient (Wildman–Crippen LogP) is 3.03. The highest BCUT2D eigenvalue weighted by molar-refractivity contribution is 5.85. The molecule has 4 nitrogen and oxygen atoms in total. The molecule has 0 spiro atoms. The minimum atomic E-state index is 0.692. The minimum absolute atomic E-state index is 0.692. The van der Waals surface area contributed by atoms with Crippen LogP contribution in [0.5, 0.6) is 0 Å². The molecule has 1 unspecified atom stereocenters. The summed E-state index contributed by atoms with van der Waals surface area (Å²) in [5, 5.41) is 0. The first kappa shape index (κ1) is 12.5. The van der Waals surface area contributed by atoms with E-state index >= 15 is 0 Å². The largest absolute Gasteiger partial charge is 0.439 e. The third-order valence-corrected chi connectivity index (χ3v) is 3.92. The van der Waals surface area contributed by atoms with Gasteiger partial charge in [0.15, 0.2) is 5.58 Å². The number of benzene rings is 1. The molecule has 0 saturated carbocycles. The van der Waals surface area contributed by atoms with Crippen molar-refractivity contribution in [1.29, 1.82) is 0 Å². The Hall–Kier alpha value is -1.55. The summed E-state index contributed by atoms with van der Waals surface area (Å²) in [6, 6.07) is 5.69. The van der Waals surface area contributed by atoms with E-state index in [1.165, 1.54) is 25.8 Å². The molecule has 1 fully saturated rings. The van der Waals surface area contributed by atoms with Crippen LogP contribution in [0.1, 0.15) is 32.1 Å². The molecule has 102 valence electrons. The van der Waals surface area contributed by atoms with Gasteiger partial charge in [0.1, 0.15) is 5.52 Å². The van der Waals surface area contributed by atoms with Gasteiger partial charge in [0.2, 0.25) is 5.89 Å². The SMILES string of the molecule is CCCC1CCN(Cc2nc3c(N)cccc3o2)C1. The highest BCUT2D eigenvalue weighted by atomic mass is 16.3. The summed E-state index contributed by atoms with van der Waals surface area (Å²) < 4.78 is 5.77. The number of rotatable bonds is 4. The lowest BCUT2D eigenvalue weighted by Gasteiger charge is -2.13. The van der Waals surface area contributed by atoms with E-state index in [1.807, 2.05) is 18.2 Å². The zero-order valence-corrected chi connectivity index (χ0v) is 11.4. The van der Waals surface area contributed by atoms with Crippen LogP contribution >= 0.6 is 0 Å². The van der Waals surface area contributed by atoms with Gasteiger partial charge in [0.05, 0.1) is 12.2 Å². The number of hydrogen-bond acceptors (Lipinski definition) is 4. The first-order valence-corrected chi connectivity index (χ1v) is 7.12. The van der Waals surface area contributed by atoms with E-state index in [-0.39, 0.29) is 0 Å². The van der Waals surface area contributed by atoms with Crippen LogP contribution in [0.25, 0.3) is 11.1 Å². The second-order valence-corrected chi connectivity index (χ2v) is 5.48. The average Bonchev–Trinajstić information content (AvgIpc) is 2.98. The quantitative estimate of drug-likeness (QED) is 0.857. The van der Waals surface area contributed by atoms with Gasteiger partial charge < -0.3 is 10.2 Å². The number of likely N-dealkylation sites (tertiary alicyclic amines) is 1. The first-order chi connectivity index (χ1) is 9.26. The van der Waals surface area contributed by atoms with Gasteiger partial charge in [-0.2, -0.15) is 0 Å². The number of hydrogen-bond donors (Lipinski definition) is 1. The fourth-order valence-electron chi connectivity index (χ4n) is 2.98. The van der Waals surface area contributed by atoms with Crippen molar-refractivity contribution < 1.29 is 4.42 Å². The molecule has 3 rings (SSSR count). The number of aromatic nitrogens is 1. The summed E-state index contributed by atoms with van der Waals surface area (Å²) in [6.07, 6.45) is 3.91. The lowest BCUT2D eigenvalue weighted by Crippen LogP contribution is -2.20. The van der Waals surface area contributed by atoms with Crippen LogP contribution in [0.4, 0.5) is 5.69 Å². The Morgan fingerprint density at radius 1 is 1.47 bits per heavy atom. The van der Waals surface area contributed by atoms with Crippen molar-refractivity contribution in [2.24, 2.45) is 5.92 Å². The van der Waals surface area contributed by atoms with Gasteiger partial charge in [-0.15, -0.1) is 0 Å². The van der Waals surface area contributed by atoms with E-state index in [2.05, 4.69) is 16.8 Å². The van der Waals surface area contributed by atoms with Crippen LogP contribution in [-0.4, -0.2) is 23.0 Å². The lowest BCUT2D eigenvalue weighted by atomic mass is 10.0. The maximum absolute atomic E-state index is 5.90. The number of nitrogen functional groups attached to an aromatic ring is 1. The van der Waals surface area contributed by atoms with Crippen molar-refractivity contribution in [3.05, 3.63) is 24.1 Å². The molecule has 1 aromatic heterocycles. The fourth-order valence-corrected chi connectivity index (χ4v) is 2.98. The van der Waals surface area contributed by atoms with Crippen LogP contribution in [0, 0.1) is 5.92 Å². The van der Waals surface area contributed by atoms with E-state index in [1.54, 1.807) is 0 Å². The van der Waals surface area contributed by atoms with Crippen molar-refractivity contribution >= 4 is 16.8 Å². The van der Waals surface area contributed by atoms with Gasteiger partial charge >= 0.3 is 0 Å². The van der Waals surface area contributed by atoms with Crippen LogP contribution < -0.4 is 5.73 Å². The molecule has 1 aromatic carbocycles. The molecule has 1 aliphatic rings. The Bertz CT molecular complexity index is 564. The highest BCUT2D eigenvalue weighted by Crippen LogP contribution is 2.25. The zero-order chi connectivity index (χ0) is 13.2. The topological polar surface area (TPSA) is 55.3 Å². The maximum Gasteiger partial charge on any atom is 0.209 e. The monoisotopic (exact) mass is 259 g/mol. The van der Waals surface area contributed by atoms with Gasteiger partial charge in [-0.3, -0.25) is 4.90 Å². The molecule has 0 radical (unpaired) electrons. The first-order valence-electron chi connectivity index (χ1n) is 7.12. The standard InChI is InChI=1S/C15H21N3O/c1-2-4-11-7-8-18(9-11)10-14-17-15-12(16)5-3-6-13(15)19-14/h3,5-6,11H,2,4,7-10,16H2,1H3. The Labute approximate surface area is 113 Å². The number of nitrogens with two attached hydrogens (primary N) is 1. The number of nitrogens with zero attached hydrogens (tertiary/aromatic N) is 2. The van der Waals surface area contributed by atoms with E-state index in [4.69, 9.17) is 10.2 Å². The van der Waals surface area contributed by atoms with Gasteiger partial charge in [-0.05, 0) is 37.4 Å².